The molecule has 1 N–H and O–H groups in total. The molecule has 3 nitrogen and oxygen atoms in total. The van der Waals surface area contributed by atoms with Gasteiger partial charge in [-0.05, 0) is 0 Å². The standard InChI is InChI=1S/C7H3Cl2F2NO2/c8-4-2(1-3(13)14)5(9)7(11)12-6(4)10/h1H2,(H,13,14). The monoisotopic (exact) mass is 241 g/mol. The maximum atomic E-state index is 12.7. The number of aromatic nitrogens is 1. The van der Waals surface area contributed by atoms with Crippen molar-refractivity contribution in [3.8, 4) is 0 Å². The van der Waals surface area contributed by atoms with E-state index in [1.807, 2.05) is 0 Å². The normalized spacial score (nSPS) is 10.3. The van der Waals surface area contributed by atoms with Crippen LogP contribution in [0.2, 0.25) is 10.0 Å². The molecule has 0 radical (unpaired) electrons. The summed E-state index contributed by atoms with van der Waals surface area (Å²) in [5, 5.41) is 7.27. The Kier molecular flexibility index (Phi) is 3.23. The topological polar surface area (TPSA) is 50.2 Å². The highest BCUT2D eigenvalue weighted by atomic mass is 35.5. The third-order valence-electron chi connectivity index (χ3n) is 1.42. The van der Waals surface area contributed by atoms with Crippen LogP contribution in [0.15, 0.2) is 0 Å². The van der Waals surface area contributed by atoms with Crippen molar-refractivity contribution in [2.24, 2.45) is 0 Å². The summed E-state index contributed by atoms with van der Waals surface area (Å²) in [5.74, 6) is -3.84. The average molecular weight is 242 g/mol. The fourth-order valence-electron chi connectivity index (χ4n) is 0.836. The third-order valence-corrected chi connectivity index (χ3v) is 2.18. The highest BCUT2D eigenvalue weighted by molar-refractivity contribution is 6.36. The van der Waals surface area contributed by atoms with Crippen molar-refractivity contribution in [2.75, 3.05) is 0 Å². The molecule has 0 aliphatic carbocycles. The van der Waals surface area contributed by atoms with Gasteiger partial charge in [0.2, 0.25) is 11.9 Å². The molecule has 0 aromatic carbocycles. The van der Waals surface area contributed by atoms with E-state index in [1.54, 1.807) is 0 Å². The molecular formula is C7H3Cl2F2NO2. The number of rotatable bonds is 2. The Morgan fingerprint density at radius 2 is 1.71 bits per heavy atom. The Morgan fingerprint density at radius 3 is 2.07 bits per heavy atom. The second-order valence-electron chi connectivity index (χ2n) is 2.37. The zero-order chi connectivity index (χ0) is 10.9. The number of aliphatic carboxylic acids is 1. The van der Waals surface area contributed by atoms with Crippen LogP contribution in [0.25, 0.3) is 0 Å². The van der Waals surface area contributed by atoms with Gasteiger partial charge in [-0.2, -0.15) is 13.8 Å². The van der Waals surface area contributed by atoms with Crippen molar-refractivity contribution in [2.45, 2.75) is 6.42 Å². The van der Waals surface area contributed by atoms with Gasteiger partial charge < -0.3 is 5.11 Å². The van der Waals surface area contributed by atoms with Crippen LogP contribution in [-0.2, 0) is 11.2 Å². The fourth-order valence-corrected chi connectivity index (χ4v) is 1.29. The van der Waals surface area contributed by atoms with Crippen LogP contribution in [0.4, 0.5) is 8.78 Å². The van der Waals surface area contributed by atoms with Gasteiger partial charge in [0.1, 0.15) is 10.0 Å². The summed E-state index contributed by atoms with van der Waals surface area (Å²) in [6, 6.07) is 0. The molecule has 0 amide bonds. The zero-order valence-corrected chi connectivity index (χ0v) is 8.03. The first-order valence-corrected chi connectivity index (χ1v) is 4.09. The van der Waals surface area contributed by atoms with Crippen LogP contribution in [0.3, 0.4) is 0 Å². The van der Waals surface area contributed by atoms with Crippen LogP contribution in [-0.4, -0.2) is 16.1 Å². The van der Waals surface area contributed by atoms with Crippen molar-refractivity contribution in [1.29, 1.82) is 0 Å². The highest BCUT2D eigenvalue weighted by Gasteiger charge is 2.19. The molecule has 0 unspecified atom stereocenters. The summed E-state index contributed by atoms with van der Waals surface area (Å²) in [4.78, 5) is 13.1. The maximum absolute atomic E-state index is 12.7. The predicted molar refractivity (Wildman–Crippen MR) is 45.5 cm³/mol. The Bertz CT molecular complexity index is 372. The van der Waals surface area contributed by atoms with Crippen LogP contribution >= 0.6 is 23.2 Å². The lowest BCUT2D eigenvalue weighted by molar-refractivity contribution is -0.136. The Labute approximate surface area is 87.3 Å². The molecule has 14 heavy (non-hydrogen) atoms. The van der Waals surface area contributed by atoms with Crippen molar-refractivity contribution in [3.63, 3.8) is 0 Å². The first kappa shape index (κ1) is 11.1. The van der Waals surface area contributed by atoms with E-state index in [1.165, 1.54) is 0 Å². The second-order valence-corrected chi connectivity index (χ2v) is 3.13. The van der Waals surface area contributed by atoms with Gasteiger partial charge in [0, 0.05) is 5.56 Å². The molecule has 1 aromatic heterocycles. The van der Waals surface area contributed by atoms with Crippen molar-refractivity contribution in [3.05, 3.63) is 27.5 Å². The van der Waals surface area contributed by atoms with Gasteiger partial charge in [0.05, 0.1) is 6.42 Å². The average Bonchev–Trinajstić information content (AvgIpc) is 2.09. The predicted octanol–water partition coefficient (Wildman–Crippen LogP) is 2.29. The summed E-state index contributed by atoms with van der Waals surface area (Å²) < 4.78 is 25.5. The van der Waals surface area contributed by atoms with Crippen molar-refractivity contribution >= 4 is 29.2 Å². The van der Waals surface area contributed by atoms with Crippen molar-refractivity contribution < 1.29 is 18.7 Å². The molecule has 0 fully saturated rings. The van der Waals surface area contributed by atoms with Gasteiger partial charge in [-0.3, -0.25) is 4.79 Å². The molecule has 0 aliphatic heterocycles. The maximum Gasteiger partial charge on any atom is 0.307 e. The smallest absolute Gasteiger partial charge is 0.307 e. The molecule has 7 heteroatoms. The summed E-state index contributed by atoms with van der Waals surface area (Å²) >= 11 is 10.7. The fraction of sp³-hybridized carbons (Fsp3) is 0.143. The molecule has 1 aromatic rings. The van der Waals surface area contributed by atoms with E-state index in [9.17, 15) is 13.6 Å². The molecule has 76 valence electrons. The van der Waals surface area contributed by atoms with Gasteiger partial charge in [-0.25, -0.2) is 0 Å². The first-order chi connectivity index (χ1) is 6.43. The highest BCUT2D eigenvalue weighted by Crippen LogP contribution is 2.28. The molecule has 0 saturated heterocycles. The Balaban J connectivity index is 3.31. The quantitative estimate of drug-likeness (QED) is 0.809. The van der Waals surface area contributed by atoms with Crippen molar-refractivity contribution in [1.82, 2.24) is 4.98 Å². The SMILES string of the molecule is O=C(O)Cc1c(Cl)c(F)nc(F)c1Cl. The molecule has 0 aliphatic rings. The minimum absolute atomic E-state index is 0.314. The number of hydrogen-bond acceptors (Lipinski definition) is 2. The molecule has 1 heterocycles. The lowest BCUT2D eigenvalue weighted by Crippen LogP contribution is -2.05. The number of carbonyl (C=O) groups is 1. The lowest BCUT2D eigenvalue weighted by Gasteiger charge is -2.04. The molecule has 0 atom stereocenters. The van der Waals surface area contributed by atoms with Gasteiger partial charge in [-0.15, -0.1) is 0 Å². The van der Waals surface area contributed by atoms with Gasteiger partial charge in [0.15, 0.2) is 0 Å². The van der Waals surface area contributed by atoms with E-state index in [0.29, 0.717) is 0 Å². The molecule has 0 spiro atoms. The zero-order valence-electron chi connectivity index (χ0n) is 6.52. The largest absolute Gasteiger partial charge is 0.481 e. The number of nitrogens with zero attached hydrogens (tertiary/aromatic N) is 1. The summed E-state index contributed by atoms with van der Waals surface area (Å²) in [6.45, 7) is 0. The number of halogens is 4. The first-order valence-electron chi connectivity index (χ1n) is 3.34. The number of pyridine rings is 1. The van der Waals surface area contributed by atoms with Crippen LogP contribution in [0.1, 0.15) is 5.56 Å². The van der Waals surface area contributed by atoms with Gasteiger partial charge in [0.25, 0.3) is 0 Å². The van der Waals surface area contributed by atoms with Gasteiger partial charge in [-0.1, -0.05) is 23.2 Å². The number of carboxylic acid groups (broad SMARTS) is 1. The van der Waals surface area contributed by atoms with E-state index in [4.69, 9.17) is 28.3 Å². The molecular weight excluding hydrogens is 239 g/mol. The third kappa shape index (κ3) is 2.10. The summed E-state index contributed by atoms with van der Waals surface area (Å²) in [7, 11) is 0. The molecule has 1 rings (SSSR count). The summed E-state index contributed by atoms with van der Waals surface area (Å²) in [6.07, 6.45) is -0.659. The summed E-state index contributed by atoms with van der Waals surface area (Å²) in [5.41, 5.74) is -0.314. The lowest BCUT2D eigenvalue weighted by atomic mass is 10.2. The Hall–Kier alpha value is -0.940. The van der Waals surface area contributed by atoms with Crippen LogP contribution in [0.5, 0.6) is 0 Å². The Morgan fingerprint density at radius 1 is 1.29 bits per heavy atom. The molecule has 0 saturated carbocycles. The van der Waals surface area contributed by atoms with E-state index in [2.05, 4.69) is 4.98 Å². The van der Waals surface area contributed by atoms with E-state index >= 15 is 0 Å². The van der Waals surface area contributed by atoms with Crippen LogP contribution in [0, 0.1) is 11.9 Å². The second kappa shape index (κ2) is 4.06. The van der Waals surface area contributed by atoms with E-state index in [-0.39, 0.29) is 5.56 Å². The minimum Gasteiger partial charge on any atom is -0.481 e. The van der Waals surface area contributed by atoms with Crippen LogP contribution < -0.4 is 0 Å². The van der Waals surface area contributed by atoms with Gasteiger partial charge >= 0.3 is 5.97 Å². The number of hydrogen-bond donors (Lipinski definition) is 1. The van der Waals surface area contributed by atoms with E-state index < -0.39 is 34.3 Å². The number of carboxylic acids is 1. The van der Waals surface area contributed by atoms with E-state index in [0.717, 1.165) is 0 Å². The molecule has 0 bridgehead atoms. The minimum atomic E-state index is -1.29.